The lowest BCUT2D eigenvalue weighted by Gasteiger charge is -2.37. The number of rotatable bonds is 7. The maximum atomic E-state index is 9.68. The molecule has 1 atom stereocenters. The number of piperidine rings is 1. The molecule has 8 heteroatoms. The maximum Gasteiger partial charge on any atom is 0.180 e. The molecule has 0 saturated carbocycles. The third-order valence-corrected chi connectivity index (χ3v) is 7.81. The first-order chi connectivity index (χ1) is 16.2. The minimum atomic E-state index is 0.232. The maximum absolute atomic E-state index is 9.68. The number of aromatic nitrogens is 1. The topological polar surface area (TPSA) is 74.8 Å². The van der Waals surface area contributed by atoms with Crippen LogP contribution in [0.4, 0.5) is 5.13 Å². The van der Waals surface area contributed by atoms with Gasteiger partial charge in [-0.2, -0.15) is 0 Å². The van der Waals surface area contributed by atoms with E-state index in [-0.39, 0.29) is 6.61 Å². The van der Waals surface area contributed by atoms with Crippen molar-refractivity contribution in [2.75, 3.05) is 25.4 Å². The number of benzene rings is 2. The number of thiazole rings is 1. The highest BCUT2D eigenvalue weighted by atomic mass is 32.2. The van der Waals surface area contributed by atoms with Crippen molar-refractivity contribution in [1.82, 2.24) is 14.2 Å². The number of para-hydroxylation sites is 1. The Balaban J connectivity index is 1.30. The quantitative estimate of drug-likeness (QED) is 0.451. The van der Waals surface area contributed by atoms with Crippen LogP contribution in [0.15, 0.2) is 60.8 Å². The Morgan fingerprint density at radius 2 is 2.00 bits per heavy atom. The normalized spacial score (nSPS) is 18.1. The second-order valence-electron chi connectivity index (χ2n) is 8.39. The van der Waals surface area contributed by atoms with E-state index in [2.05, 4.69) is 32.5 Å². The van der Waals surface area contributed by atoms with Crippen LogP contribution in [-0.2, 0) is 12.3 Å². The Bertz CT molecular complexity index is 1120. The van der Waals surface area contributed by atoms with Crippen LogP contribution in [0.1, 0.15) is 29.0 Å². The molecule has 2 aliphatic heterocycles. The molecule has 0 spiro atoms. The van der Waals surface area contributed by atoms with Gasteiger partial charge in [-0.1, -0.05) is 41.7 Å². The summed E-state index contributed by atoms with van der Waals surface area (Å²) in [5.74, 6) is 2.83. The van der Waals surface area contributed by atoms with E-state index in [9.17, 15) is 5.11 Å². The highest BCUT2D eigenvalue weighted by molar-refractivity contribution is 7.96. The van der Waals surface area contributed by atoms with Gasteiger partial charge < -0.3 is 24.8 Å². The molecule has 1 unspecified atom stereocenters. The van der Waals surface area contributed by atoms with Gasteiger partial charge in [-0.15, -0.1) is 0 Å². The molecule has 33 heavy (non-hydrogen) atoms. The second kappa shape index (κ2) is 10.1. The molecule has 3 heterocycles. The molecule has 1 saturated heterocycles. The van der Waals surface area contributed by atoms with Crippen molar-refractivity contribution in [2.45, 2.75) is 25.1 Å². The van der Waals surface area contributed by atoms with Crippen LogP contribution >= 0.6 is 23.3 Å². The number of anilines is 1. The predicted octanol–water partition coefficient (Wildman–Crippen LogP) is 5.18. The van der Waals surface area contributed by atoms with Crippen LogP contribution in [0.5, 0.6) is 11.5 Å². The highest BCUT2D eigenvalue weighted by Crippen LogP contribution is 2.38. The van der Waals surface area contributed by atoms with E-state index >= 15 is 0 Å². The molecule has 3 N–H and O–H groups in total. The lowest BCUT2D eigenvalue weighted by molar-refractivity contribution is 0.155. The Morgan fingerprint density at radius 1 is 1.15 bits per heavy atom. The molecule has 2 aliphatic rings. The number of fused-ring (bicyclic) bond motifs is 1. The van der Waals surface area contributed by atoms with Crippen molar-refractivity contribution in [2.24, 2.45) is 5.92 Å². The van der Waals surface area contributed by atoms with Crippen molar-refractivity contribution in [3.63, 3.8) is 0 Å². The summed E-state index contributed by atoms with van der Waals surface area (Å²) in [6.45, 7) is 2.86. The SMILES string of the molecule is Nc1nc2c(s1)CN(SCc1cccc(Oc3ccccc3)c1)C=C2N1CCCC(CO)C1. The number of nitrogen functional groups attached to an aromatic ring is 1. The largest absolute Gasteiger partial charge is 0.457 e. The zero-order valence-electron chi connectivity index (χ0n) is 18.4. The van der Waals surface area contributed by atoms with Gasteiger partial charge in [0.2, 0.25) is 0 Å². The number of aliphatic hydroxyl groups is 1. The van der Waals surface area contributed by atoms with Gasteiger partial charge in [0.25, 0.3) is 0 Å². The summed E-state index contributed by atoms with van der Waals surface area (Å²) in [5.41, 5.74) is 9.41. The van der Waals surface area contributed by atoms with E-state index in [1.165, 1.54) is 10.4 Å². The van der Waals surface area contributed by atoms with Crippen LogP contribution in [-0.4, -0.2) is 39.0 Å². The Labute approximate surface area is 202 Å². The van der Waals surface area contributed by atoms with Gasteiger partial charge in [-0.25, -0.2) is 4.98 Å². The van der Waals surface area contributed by atoms with Crippen LogP contribution in [0.3, 0.4) is 0 Å². The first kappa shape index (κ1) is 22.1. The number of hydrogen-bond donors (Lipinski definition) is 2. The third kappa shape index (κ3) is 5.29. The van der Waals surface area contributed by atoms with Crippen molar-refractivity contribution < 1.29 is 9.84 Å². The molecule has 2 aromatic carbocycles. The van der Waals surface area contributed by atoms with E-state index in [1.54, 1.807) is 23.3 Å². The Morgan fingerprint density at radius 3 is 2.85 bits per heavy atom. The number of aliphatic hydroxyl groups excluding tert-OH is 1. The van der Waals surface area contributed by atoms with Gasteiger partial charge in [0.1, 0.15) is 17.2 Å². The minimum Gasteiger partial charge on any atom is -0.457 e. The van der Waals surface area contributed by atoms with E-state index in [1.807, 2.05) is 42.5 Å². The van der Waals surface area contributed by atoms with Gasteiger partial charge in [0, 0.05) is 31.6 Å². The smallest absolute Gasteiger partial charge is 0.180 e. The number of likely N-dealkylation sites (tertiary alicyclic amines) is 1. The Hall–Kier alpha value is -2.68. The van der Waals surface area contributed by atoms with E-state index in [4.69, 9.17) is 10.5 Å². The zero-order valence-corrected chi connectivity index (χ0v) is 20.0. The van der Waals surface area contributed by atoms with Gasteiger partial charge in [-0.3, -0.25) is 0 Å². The lowest BCUT2D eigenvalue weighted by Crippen LogP contribution is -2.37. The molecule has 6 nitrogen and oxygen atoms in total. The number of nitrogens with two attached hydrogens (primary N) is 1. The fraction of sp³-hybridized carbons (Fsp3) is 0.320. The molecule has 0 bridgehead atoms. The summed E-state index contributed by atoms with van der Waals surface area (Å²) in [6, 6.07) is 18.1. The van der Waals surface area contributed by atoms with Crippen molar-refractivity contribution in [3.8, 4) is 11.5 Å². The van der Waals surface area contributed by atoms with Crippen molar-refractivity contribution in [3.05, 3.63) is 76.9 Å². The predicted molar refractivity (Wildman–Crippen MR) is 136 cm³/mol. The zero-order chi connectivity index (χ0) is 22.6. The van der Waals surface area contributed by atoms with Crippen LogP contribution in [0.2, 0.25) is 0 Å². The van der Waals surface area contributed by atoms with E-state index < -0.39 is 0 Å². The molecule has 0 radical (unpaired) electrons. The molecule has 0 amide bonds. The summed E-state index contributed by atoms with van der Waals surface area (Å²) in [4.78, 5) is 8.20. The van der Waals surface area contributed by atoms with E-state index in [0.29, 0.717) is 11.0 Å². The van der Waals surface area contributed by atoms with E-state index in [0.717, 1.165) is 61.1 Å². The number of ether oxygens (including phenoxy) is 1. The molecule has 172 valence electrons. The van der Waals surface area contributed by atoms with Crippen LogP contribution in [0.25, 0.3) is 5.70 Å². The standard InChI is InChI=1S/C25H28N4O2S2/c26-25-27-24-22(28-11-5-7-19(13-28)16-30)14-29(15-23(24)33-25)32-17-18-6-4-10-21(12-18)31-20-8-2-1-3-9-20/h1-4,6,8-10,12,14,19,30H,5,7,11,13,15-17H2,(H2,26,27). The second-order valence-corrected chi connectivity index (χ2v) is 10.5. The van der Waals surface area contributed by atoms with Crippen LogP contribution in [0, 0.1) is 5.92 Å². The van der Waals surface area contributed by atoms with Crippen molar-refractivity contribution in [1.29, 1.82) is 0 Å². The number of hydrogen-bond acceptors (Lipinski definition) is 8. The lowest BCUT2D eigenvalue weighted by atomic mass is 9.98. The summed E-state index contributed by atoms with van der Waals surface area (Å²) in [5, 5.41) is 10.3. The fourth-order valence-corrected chi connectivity index (χ4v) is 6.10. The first-order valence-electron chi connectivity index (χ1n) is 11.2. The van der Waals surface area contributed by atoms with Crippen LogP contribution < -0.4 is 10.5 Å². The molecular weight excluding hydrogens is 452 g/mol. The summed E-state index contributed by atoms with van der Waals surface area (Å²) >= 11 is 3.34. The molecule has 3 aromatic rings. The van der Waals surface area contributed by atoms with Crippen molar-refractivity contribution >= 4 is 34.1 Å². The minimum absolute atomic E-state index is 0.232. The summed E-state index contributed by atoms with van der Waals surface area (Å²) in [6.07, 6.45) is 4.36. The molecule has 1 aromatic heterocycles. The first-order valence-corrected chi connectivity index (χ1v) is 13.0. The monoisotopic (exact) mass is 480 g/mol. The fourth-order valence-electron chi connectivity index (χ4n) is 4.29. The average Bonchev–Trinajstić information content (AvgIpc) is 3.23. The molecule has 1 fully saturated rings. The third-order valence-electron chi connectivity index (χ3n) is 5.91. The highest BCUT2D eigenvalue weighted by Gasteiger charge is 2.29. The molecule has 5 rings (SSSR count). The van der Waals surface area contributed by atoms with Gasteiger partial charge in [0.05, 0.1) is 17.1 Å². The number of nitrogens with zero attached hydrogens (tertiary/aromatic N) is 3. The molecular formula is C25H28N4O2S2. The van der Waals surface area contributed by atoms with Gasteiger partial charge in [-0.05, 0) is 60.5 Å². The van der Waals surface area contributed by atoms with Gasteiger partial charge >= 0.3 is 0 Å². The summed E-state index contributed by atoms with van der Waals surface area (Å²) in [7, 11) is 0. The molecule has 0 aliphatic carbocycles. The average molecular weight is 481 g/mol. The summed E-state index contributed by atoms with van der Waals surface area (Å²) < 4.78 is 8.28. The van der Waals surface area contributed by atoms with Gasteiger partial charge in [0.15, 0.2) is 5.13 Å². The Kier molecular flexibility index (Phi) is 6.75.